The quantitative estimate of drug-likeness (QED) is 0.811. The molecule has 2 rings (SSSR count). The molecule has 2 heterocycles. The molecule has 0 bridgehead atoms. The predicted molar refractivity (Wildman–Crippen MR) is 81.8 cm³/mol. The van der Waals surface area contributed by atoms with Crippen molar-refractivity contribution in [3.05, 3.63) is 21.3 Å². The van der Waals surface area contributed by atoms with E-state index in [1.807, 2.05) is 13.8 Å². The minimum Gasteiger partial charge on any atom is -0.312 e. The van der Waals surface area contributed by atoms with E-state index in [0.29, 0.717) is 16.6 Å². The second kappa shape index (κ2) is 6.61. The van der Waals surface area contributed by atoms with Crippen LogP contribution in [0.1, 0.15) is 23.7 Å². The first-order chi connectivity index (χ1) is 9.56. The zero-order valence-electron chi connectivity index (χ0n) is 11.2. The van der Waals surface area contributed by atoms with Crippen molar-refractivity contribution in [2.45, 2.75) is 31.7 Å². The van der Waals surface area contributed by atoms with Crippen LogP contribution in [0, 0.1) is 0 Å². The number of aryl methyl sites for hydroxylation is 1. The molecule has 0 aromatic carbocycles. The number of aromatic nitrogens is 2. The third-order valence-electron chi connectivity index (χ3n) is 2.52. The van der Waals surface area contributed by atoms with Gasteiger partial charge < -0.3 is 5.32 Å². The highest BCUT2D eigenvalue weighted by molar-refractivity contribution is 7.93. The van der Waals surface area contributed by atoms with Gasteiger partial charge in [0, 0.05) is 11.4 Å². The Labute approximate surface area is 126 Å². The van der Waals surface area contributed by atoms with Crippen LogP contribution < -0.4 is 10.0 Å². The predicted octanol–water partition coefficient (Wildman–Crippen LogP) is 2.07. The molecule has 0 spiro atoms. The molecule has 0 amide bonds. The first-order valence-corrected chi connectivity index (χ1v) is 9.37. The van der Waals surface area contributed by atoms with Crippen molar-refractivity contribution in [1.29, 1.82) is 0 Å². The summed E-state index contributed by atoms with van der Waals surface area (Å²) in [6.45, 7) is 5.27. The maximum atomic E-state index is 12.4. The van der Waals surface area contributed by atoms with Crippen LogP contribution in [-0.2, 0) is 23.0 Å². The average molecular weight is 332 g/mol. The lowest BCUT2D eigenvalue weighted by Gasteiger charge is -2.06. The highest BCUT2D eigenvalue weighted by Gasteiger charge is 2.21. The molecular weight excluding hydrogens is 316 g/mol. The lowest BCUT2D eigenvalue weighted by atomic mass is 10.4. The molecule has 0 aliphatic rings. The van der Waals surface area contributed by atoms with Crippen LogP contribution in [0.3, 0.4) is 0 Å². The summed E-state index contributed by atoms with van der Waals surface area (Å²) in [4.78, 5) is 1.09. The molecule has 0 unspecified atom stereocenters. The Bertz CT molecular complexity index is 663. The summed E-state index contributed by atoms with van der Waals surface area (Å²) in [5.74, 6) is 0. The summed E-state index contributed by atoms with van der Waals surface area (Å²) in [5, 5.41) is 13.8. The molecule has 110 valence electrons. The summed E-state index contributed by atoms with van der Waals surface area (Å²) in [5.41, 5.74) is 0. The Morgan fingerprint density at radius 2 is 2.10 bits per heavy atom. The Hall–Kier alpha value is -1.03. The number of anilines is 1. The summed E-state index contributed by atoms with van der Waals surface area (Å²) >= 11 is 2.68. The fourth-order valence-electron chi connectivity index (χ4n) is 1.54. The minimum atomic E-state index is -3.60. The largest absolute Gasteiger partial charge is 0.312 e. The van der Waals surface area contributed by atoms with E-state index in [2.05, 4.69) is 20.2 Å². The molecule has 0 saturated heterocycles. The van der Waals surface area contributed by atoms with Crippen molar-refractivity contribution in [3.8, 4) is 0 Å². The van der Waals surface area contributed by atoms with Gasteiger partial charge >= 0.3 is 0 Å². The van der Waals surface area contributed by atoms with Crippen LogP contribution in [-0.4, -0.2) is 25.2 Å². The summed E-state index contributed by atoms with van der Waals surface area (Å²) < 4.78 is 27.2. The Balaban J connectivity index is 2.19. The molecule has 2 aromatic rings. The fourth-order valence-corrected chi connectivity index (χ4v) is 4.87. The number of sulfonamides is 1. The molecule has 20 heavy (non-hydrogen) atoms. The molecule has 2 N–H and O–H groups in total. The first kappa shape index (κ1) is 15.4. The average Bonchev–Trinajstić information content (AvgIpc) is 3.04. The summed E-state index contributed by atoms with van der Waals surface area (Å²) in [6.07, 6.45) is 0.740. The smallest absolute Gasteiger partial charge is 0.264 e. The van der Waals surface area contributed by atoms with Gasteiger partial charge in [0.2, 0.25) is 5.13 Å². The van der Waals surface area contributed by atoms with E-state index in [9.17, 15) is 8.42 Å². The van der Waals surface area contributed by atoms with Crippen LogP contribution in [0.4, 0.5) is 5.13 Å². The highest BCUT2D eigenvalue weighted by Crippen LogP contribution is 2.25. The van der Waals surface area contributed by atoms with Crippen molar-refractivity contribution in [2.24, 2.45) is 0 Å². The zero-order valence-corrected chi connectivity index (χ0v) is 13.7. The maximum absolute atomic E-state index is 12.4. The van der Waals surface area contributed by atoms with Gasteiger partial charge in [-0.15, -0.1) is 21.5 Å². The number of hydrogen-bond donors (Lipinski definition) is 2. The molecule has 0 atom stereocenters. The topological polar surface area (TPSA) is 84.0 Å². The highest BCUT2D eigenvalue weighted by atomic mass is 32.2. The van der Waals surface area contributed by atoms with Gasteiger partial charge in [0.1, 0.15) is 9.90 Å². The van der Waals surface area contributed by atoms with Gasteiger partial charge in [-0.3, -0.25) is 4.72 Å². The normalized spacial score (nSPS) is 11.7. The van der Waals surface area contributed by atoms with Crippen molar-refractivity contribution in [2.75, 3.05) is 11.3 Å². The third-order valence-corrected chi connectivity index (χ3v) is 6.11. The lowest BCUT2D eigenvalue weighted by Crippen LogP contribution is -2.17. The van der Waals surface area contributed by atoms with Crippen LogP contribution in [0.25, 0.3) is 0 Å². The van der Waals surface area contributed by atoms with Crippen LogP contribution in [0.5, 0.6) is 0 Å². The molecule has 0 saturated carbocycles. The van der Waals surface area contributed by atoms with E-state index in [1.165, 1.54) is 22.7 Å². The maximum Gasteiger partial charge on any atom is 0.264 e. The van der Waals surface area contributed by atoms with Crippen molar-refractivity contribution < 1.29 is 8.42 Å². The van der Waals surface area contributed by atoms with Gasteiger partial charge in [0.15, 0.2) is 0 Å². The molecule has 2 aromatic heterocycles. The van der Waals surface area contributed by atoms with Gasteiger partial charge in [-0.1, -0.05) is 25.2 Å². The van der Waals surface area contributed by atoms with E-state index in [4.69, 9.17) is 0 Å². The first-order valence-electron chi connectivity index (χ1n) is 6.19. The number of hydrogen-bond acceptors (Lipinski definition) is 7. The number of thiophene rings is 1. The van der Waals surface area contributed by atoms with E-state index in [0.717, 1.165) is 22.9 Å². The van der Waals surface area contributed by atoms with E-state index in [1.54, 1.807) is 11.4 Å². The van der Waals surface area contributed by atoms with E-state index in [-0.39, 0.29) is 0 Å². The third kappa shape index (κ3) is 3.54. The Kier molecular flexibility index (Phi) is 5.08. The molecule has 9 heteroatoms. The minimum absolute atomic E-state index is 0.302. The van der Waals surface area contributed by atoms with Crippen molar-refractivity contribution in [3.63, 3.8) is 0 Å². The van der Waals surface area contributed by atoms with Gasteiger partial charge in [-0.05, 0) is 24.4 Å². The zero-order chi connectivity index (χ0) is 14.6. The molecule has 6 nitrogen and oxygen atoms in total. The Morgan fingerprint density at radius 3 is 2.75 bits per heavy atom. The van der Waals surface area contributed by atoms with Crippen LogP contribution >= 0.6 is 22.7 Å². The van der Waals surface area contributed by atoms with Crippen molar-refractivity contribution in [1.82, 2.24) is 15.5 Å². The molecule has 0 radical (unpaired) electrons. The second-order valence-electron chi connectivity index (χ2n) is 3.95. The van der Waals surface area contributed by atoms with E-state index >= 15 is 0 Å². The second-order valence-corrected chi connectivity index (χ2v) is 7.66. The number of nitrogens with zero attached hydrogens (tertiary/aromatic N) is 2. The molecular formula is C11H16N4O2S3. The lowest BCUT2D eigenvalue weighted by molar-refractivity contribution is 0.599. The van der Waals surface area contributed by atoms with Gasteiger partial charge in [0.25, 0.3) is 10.0 Å². The van der Waals surface area contributed by atoms with Crippen LogP contribution in [0.2, 0.25) is 0 Å². The number of rotatable bonds is 7. The molecule has 0 fully saturated rings. The standard InChI is InChI=1S/C11H16N4O2S3/c1-3-10-13-14-11(19-10)15-20(16,17)9-5-6-18-8(9)7-12-4-2/h5-6,12H,3-4,7H2,1-2H3,(H,14,15). The van der Waals surface area contributed by atoms with Crippen LogP contribution in [0.15, 0.2) is 16.3 Å². The van der Waals surface area contributed by atoms with Gasteiger partial charge in [-0.25, -0.2) is 8.42 Å². The SMILES string of the molecule is CCNCc1sccc1S(=O)(=O)Nc1nnc(CC)s1. The molecule has 0 aliphatic heterocycles. The summed E-state index contributed by atoms with van der Waals surface area (Å²) in [6, 6.07) is 1.61. The van der Waals surface area contributed by atoms with Crippen molar-refractivity contribution >= 4 is 37.8 Å². The fraction of sp³-hybridized carbons (Fsp3) is 0.455. The summed E-state index contributed by atoms with van der Waals surface area (Å²) in [7, 11) is -3.60. The monoisotopic (exact) mass is 332 g/mol. The Morgan fingerprint density at radius 1 is 1.30 bits per heavy atom. The van der Waals surface area contributed by atoms with Gasteiger partial charge in [-0.2, -0.15) is 0 Å². The number of nitrogens with one attached hydrogen (secondary N) is 2. The molecule has 0 aliphatic carbocycles. The van der Waals surface area contributed by atoms with E-state index < -0.39 is 10.0 Å². The van der Waals surface area contributed by atoms with Gasteiger partial charge in [0.05, 0.1) is 0 Å².